The average Bonchev–Trinajstić information content (AvgIpc) is 2.93. The van der Waals surface area contributed by atoms with Gasteiger partial charge < -0.3 is 36.0 Å². The van der Waals surface area contributed by atoms with Gasteiger partial charge in [-0.05, 0) is 48.7 Å². The number of pyridine rings is 1. The molecule has 1 aliphatic heterocycles. The Morgan fingerprint density at radius 1 is 1.00 bits per heavy atom. The minimum absolute atomic E-state index is 0.437. The number of hydrogen-bond donors (Lipinski definition) is 5. The number of carbonyl (C=O) groups is 3. The van der Waals surface area contributed by atoms with Gasteiger partial charge in [-0.15, -0.1) is 0 Å². The predicted molar refractivity (Wildman–Crippen MR) is 141 cm³/mol. The molecule has 11 nitrogen and oxygen atoms in total. The molecule has 2 atom stereocenters. The average molecular weight is 621 g/mol. The fourth-order valence-electron chi connectivity index (χ4n) is 3.52. The molecule has 0 bridgehead atoms. The van der Waals surface area contributed by atoms with Crippen molar-refractivity contribution in [3.63, 3.8) is 0 Å². The number of rotatable bonds is 4. The number of aryl methyl sites for hydroxylation is 1. The number of aromatic nitrogens is 1. The summed E-state index contributed by atoms with van der Waals surface area (Å²) < 4.78 is 69.2. The van der Waals surface area contributed by atoms with Gasteiger partial charge in [-0.25, -0.2) is 14.6 Å². The van der Waals surface area contributed by atoms with Crippen LogP contribution in [0.2, 0.25) is 0 Å². The molecule has 0 aliphatic carbocycles. The molecule has 0 radical (unpaired) electrons. The number of aliphatic hydroxyl groups excluding tert-OH is 1. The molecule has 3 aromatic rings. The number of anilines is 3. The Kier molecular flexibility index (Phi) is 11.7. The highest BCUT2D eigenvalue weighted by molar-refractivity contribution is 5.98. The maximum Gasteiger partial charge on any atom is 0.490 e. The van der Waals surface area contributed by atoms with Crippen LogP contribution in [0.4, 0.5) is 43.5 Å². The molecule has 1 aliphatic rings. The summed E-state index contributed by atoms with van der Waals surface area (Å²) in [5.41, 5.74) is 8.68. The number of amides is 1. The Labute approximate surface area is 239 Å². The Hall–Kier alpha value is -4.64. The number of carboxylic acids is 2. The largest absolute Gasteiger partial charge is 0.490 e. The van der Waals surface area contributed by atoms with E-state index in [0.717, 1.165) is 16.5 Å². The Balaban J connectivity index is 0.000000384. The SMILES string of the molecule is Cc1ccc(N2CCOC(C(O)C(=O)Nc3ccc4c(N)nccc4c3)C2)cc1.O=C(O)C(F)(F)F.O=C(O)C(F)(F)F. The zero-order valence-corrected chi connectivity index (χ0v) is 22.2. The van der Waals surface area contributed by atoms with Crippen LogP contribution in [-0.4, -0.2) is 82.4 Å². The summed E-state index contributed by atoms with van der Waals surface area (Å²) in [7, 11) is 0. The first-order valence-corrected chi connectivity index (χ1v) is 12.1. The van der Waals surface area contributed by atoms with Crippen molar-refractivity contribution >= 4 is 45.8 Å². The maximum absolute atomic E-state index is 12.6. The van der Waals surface area contributed by atoms with Gasteiger partial charge >= 0.3 is 24.3 Å². The van der Waals surface area contributed by atoms with E-state index in [9.17, 15) is 36.2 Å². The van der Waals surface area contributed by atoms with E-state index in [0.29, 0.717) is 31.2 Å². The number of alkyl halides is 6. The van der Waals surface area contributed by atoms with E-state index in [1.807, 2.05) is 37.3 Å². The van der Waals surface area contributed by atoms with Crippen LogP contribution in [0.5, 0.6) is 0 Å². The van der Waals surface area contributed by atoms with Gasteiger partial charge in [0.15, 0.2) is 6.10 Å². The molecule has 17 heteroatoms. The van der Waals surface area contributed by atoms with Crippen LogP contribution < -0.4 is 16.0 Å². The van der Waals surface area contributed by atoms with Gasteiger partial charge in [-0.3, -0.25) is 4.79 Å². The van der Waals surface area contributed by atoms with E-state index in [1.54, 1.807) is 24.4 Å². The summed E-state index contributed by atoms with van der Waals surface area (Å²) in [6.07, 6.45) is -10.4. The Morgan fingerprint density at radius 2 is 1.56 bits per heavy atom. The second kappa shape index (κ2) is 14.5. The molecular weight excluding hydrogens is 594 g/mol. The van der Waals surface area contributed by atoms with E-state index in [2.05, 4.69) is 15.2 Å². The Morgan fingerprint density at radius 3 is 2.09 bits per heavy atom. The highest BCUT2D eigenvalue weighted by Gasteiger charge is 2.39. The second-order valence-corrected chi connectivity index (χ2v) is 8.86. The summed E-state index contributed by atoms with van der Waals surface area (Å²) in [6, 6.07) is 15.3. The normalized spacial score (nSPS) is 15.7. The topological polar surface area (TPSA) is 175 Å². The van der Waals surface area contributed by atoms with Crippen molar-refractivity contribution < 1.29 is 60.8 Å². The van der Waals surface area contributed by atoms with Crippen molar-refractivity contribution in [1.82, 2.24) is 4.98 Å². The van der Waals surface area contributed by atoms with Crippen LogP contribution in [0.1, 0.15) is 5.56 Å². The van der Waals surface area contributed by atoms with Crippen LogP contribution in [0, 0.1) is 6.92 Å². The van der Waals surface area contributed by atoms with Crippen LogP contribution in [0.3, 0.4) is 0 Å². The molecule has 0 saturated carbocycles. The number of hydrogen-bond acceptors (Lipinski definition) is 8. The fraction of sp³-hybridized carbons (Fsp3) is 0.308. The van der Waals surface area contributed by atoms with E-state index < -0.39 is 42.4 Å². The molecule has 0 spiro atoms. The molecular formula is C26H26F6N4O7. The van der Waals surface area contributed by atoms with Gasteiger partial charge in [0.25, 0.3) is 5.91 Å². The third-order valence-corrected chi connectivity index (χ3v) is 5.66. The van der Waals surface area contributed by atoms with Crippen molar-refractivity contribution in [2.45, 2.75) is 31.5 Å². The predicted octanol–water partition coefficient (Wildman–Crippen LogP) is 3.60. The van der Waals surface area contributed by atoms with E-state index in [4.69, 9.17) is 30.3 Å². The van der Waals surface area contributed by atoms with Gasteiger partial charge in [-0.1, -0.05) is 17.7 Å². The number of halogens is 6. The maximum atomic E-state index is 12.6. The molecule has 1 amide bonds. The van der Waals surface area contributed by atoms with E-state index in [1.165, 1.54) is 5.56 Å². The molecule has 234 valence electrons. The third kappa shape index (κ3) is 10.6. The zero-order valence-electron chi connectivity index (χ0n) is 22.2. The van der Waals surface area contributed by atoms with Gasteiger partial charge in [0.05, 0.1) is 6.61 Å². The lowest BCUT2D eigenvalue weighted by molar-refractivity contribution is -0.193. The molecule has 2 aromatic carbocycles. The highest BCUT2D eigenvalue weighted by atomic mass is 19.4. The standard InChI is InChI=1S/C22H24N4O3.2C2HF3O2/c1-14-2-5-17(6-3-14)26-10-11-29-19(13-26)20(27)22(28)25-16-4-7-18-15(12-16)8-9-24-21(18)23;2*3-2(4,5)1(6)7/h2-9,12,19-20,27H,10-11,13H2,1H3,(H2,23,24)(H,25,28);2*(H,6,7). The number of morpholine rings is 1. The number of aliphatic hydroxyl groups is 1. The minimum Gasteiger partial charge on any atom is -0.475 e. The first kappa shape index (κ1) is 34.6. The number of carbonyl (C=O) groups excluding carboxylic acids is 1. The lowest BCUT2D eigenvalue weighted by Gasteiger charge is -2.36. The molecule has 6 N–H and O–H groups in total. The number of ether oxygens (including phenoxy) is 1. The van der Waals surface area contributed by atoms with Crippen LogP contribution in [-0.2, 0) is 19.1 Å². The molecule has 43 heavy (non-hydrogen) atoms. The lowest BCUT2D eigenvalue weighted by atomic mass is 10.1. The van der Waals surface area contributed by atoms with Gasteiger partial charge in [0, 0.05) is 36.0 Å². The number of nitrogens with one attached hydrogen (secondary N) is 1. The smallest absolute Gasteiger partial charge is 0.475 e. The monoisotopic (exact) mass is 620 g/mol. The van der Waals surface area contributed by atoms with Gasteiger partial charge in [0.1, 0.15) is 11.9 Å². The van der Waals surface area contributed by atoms with Crippen LogP contribution in [0.25, 0.3) is 10.8 Å². The first-order chi connectivity index (χ1) is 19.9. The van der Waals surface area contributed by atoms with Gasteiger partial charge in [-0.2, -0.15) is 26.3 Å². The number of aliphatic carboxylic acids is 2. The number of nitrogens with two attached hydrogens (primary N) is 1. The summed E-state index contributed by atoms with van der Waals surface area (Å²) >= 11 is 0. The molecule has 1 aromatic heterocycles. The lowest BCUT2D eigenvalue weighted by Crippen LogP contribution is -2.51. The first-order valence-electron chi connectivity index (χ1n) is 12.1. The van der Waals surface area contributed by atoms with Crippen molar-refractivity contribution in [3.05, 3.63) is 60.3 Å². The summed E-state index contributed by atoms with van der Waals surface area (Å²) in [5.74, 6) is -5.57. The number of nitrogens with zero attached hydrogens (tertiary/aromatic N) is 2. The van der Waals surface area contributed by atoms with Crippen molar-refractivity contribution in [3.8, 4) is 0 Å². The third-order valence-electron chi connectivity index (χ3n) is 5.66. The Bertz CT molecular complexity index is 1390. The fourth-order valence-corrected chi connectivity index (χ4v) is 3.52. The van der Waals surface area contributed by atoms with E-state index >= 15 is 0 Å². The molecule has 1 fully saturated rings. The number of nitrogen functional groups attached to an aromatic ring is 1. The van der Waals surface area contributed by atoms with Crippen molar-refractivity contribution in [2.75, 3.05) is 35.6 Å². The number of fused-ring (bicyclic) bond motifs is 1. The van der Waals surface area contributed by atoms with Gasteiger partial charge in [0.2, 0.25) is 0 Å². The van der Waals surface area contributed by atoms with Crippen LogP contribution in [0.15, 0.2) is 54.7 Å². The van der Waals surface area contributed by atoms with Crippen molar-refractivity contribution in [2.24, 2.45) is 0 Å². The second-order valence-electron chi connectivity index (χ2n) is 8.86. The summed E-state index contributed by atoms with van der Waals surface area (Å²) in [5, 5.41) is 29.3. The number of carboxylic acid groups (broad SMARTS) is 2. The highest BCUT2D eigenvalue weighted by Crippen LogP contribution is 2.24. The summed E-state index contributed by atoms with van der Waals surface area (Å²) in [6.45, 7) is 3.65. The molecule has 4 rings (SSSR count). The summed E-state index contributed by atoms with van der Waals surface area (Å²) in [4.78, 5) is 36.6. The van der Waals surface area contributed by atoms with E-state index in [-0.39, 0.29) is 0 Å². The minimum atomic E-state index is -5.08. The molecule has 2 heterocycles. The number of benzene rings is 2. The quantitative estimate of drug-likeness (QED) is 0.271. The van der Waals surface area contributed by atoms with Crippen LogP contribution >= 0.6 is 0 Å². The molecule has 1 saturated heterocycles. The zero-order chi connectivity index (χ0) is 32.5. The molecule has 2 unspecified atom stereocenters. The van der Waals surface area contributed by atoms with Crippen molar-refractivity contribution in [1.29, 1.82) is 0 Å².